The number of hydrogen-bond acceptors (Lipinski definition) is 4. The van der Waals surface area contributed by atoms with Crippen molar-refractivity contribution in [3.05, 3.63) is 72.0 Å². The largest absolute Gasteiger partial charge is 0.507 e. The molecule has 0 radical (unpaired) electrons. The molecule has 3 aromatic carbocycles. The highest BCUT2D eigenvalue weighted by Crippen LogP contribution is 2.26. The second kappa shape index (κ2) is 8.51. The first-order valence-electron chi connectivity index (χ1n) is 9.78. The predicted molar refractivity (Wildman–Crippen MR) is 113 cm³/mol. The van der Waals surface area contributed by atoms with Gasteiger partial charge in [0.25, 0.3) is 5.91 Å². The molecule has 2 amide bonds. The number of nitrogens with zero attached hydrogens (tertiary/aromatic N) is 2. The van der Waals surface area contributed by atoms with E-state index in [1.807, 2.05) is 29.2 Å². The van der Waals surface area contributed by atoms with Crippen molar-refractivity contribution < 1.29 is 19.1 Å². The summed E-state index contributed by atoms with van der Waals surface area (Å²) in [7, 11) is 0. The van der Waals surface area contributed by atoms with Crippen LogP contribution in [0.25, 0.3) is 10.8 Å². The Hall–Kier alpha value is -3.45. The van der Waals surface area contributed by atoms with Crippen molar-refractivity contribution in [1.29, 1.82) is 0 Å². The molecule has 1 aliphatic heterocycles. The number of phenolic OH excluding ortho intramolecular Hbond substituents is 1. The molecule has 0 atom stereocenters. The summed E-state index contributed by atoms with van der Waals surface area (Å²) < 4.78 is 13.0. The zero-order valence-electron chi connectivity index (χ0n) is 16.3. The highest BCUT2D eigenvalue weighted by atomic mass is 19.1. The van der Waals surface area contributed by atoms with Crippen molar-refractivity contribution >= 4 is 28.3 Å². The van der Waals surface area contributed by atoms with Crippen LogP contribution in [-0.2, 0) is 4.79 Å². The minimum absolute atomic E-state index is 0.0280. The first-order chi connectivity index (χ1) is 14.5. The molecule has 0 unspecified atom stereocenters. The van der Waals surface area contributed by atoms with E-state index in [1.54, 1.807) is 17.0 Å². The summed E-state index contributed by atoms with van der Waals surface area (Å²) in [5.74, 6) is -0.784. The predicted octanol–water partition coefficient (Wildman–Crippen LogP) is 3.08. The van der Waals surface area contributed by atoms with Crippen molar-refractivity contribution in [1.82, 2.24) is 9.80 Å². The van der Waals surface area contributed by atoms with Crippen LogP contribution in [0.1, 0.15) is 10.4 Å². The summed E-state index contributed by atoms with van der Waals surface area (Å²) in [6.07, 6.45) is 0. The quantitative estimate of drug-likeness (QED) is 0.697. The lowest BCUT2D eigenvalue weighted by Gasteiger charge is -2.34. The Kier molecular flexibility index (Phi) is 5.63. The smallest absolute Gasteiger partial charge is 0.257 e. The van der Waals surface area contributed by atoms with E-state index in [0.29, 0.717) is 31.9 Å². The van der Waals surface area contributed by atoms with Gasteiger partial charge in [-0.05, 0) is 47.2 Å². The molecule has 3 aromatic rings. The number of amides is 2. The number of benzene rings is 3. The fraction of sp³-hybridized carbons (Fsp3) is 0.217. The molecule has 6 nitrogen and oxygen atoms in total. The van der Waals surface area contributed by atoms with Crippen LogP contribution >= 0.6 is 0 Å². The van der Waals surface area contributed by atoms with Crippen molar-refractivity contribution in [2.75, 3.05) is 38.0 Å². The molecule has 0 aromatic heterocycles. The summed E-state index contributed by atoms with van der Waals surface area (Å²) in [6.45, 7) is 2.23. The third kappa shape index (κ3) is 4.41. The van der Waals surface area contributed by atoms with Gasteiger partial charge < -0.3 is 15.3 Å². The van der Waals surface area contributed by atoms with Crippen LogP contribution < -0.4 is 5.32 Å². The summed E-state index contributed by atoms with van der Waals surface area (Å²) >= 11 is 0. The Morgan fingerprint density at radius 2 is 1.57 bits per heavy atom. The third-order valence-electron chi connectivity index (χ3n) is 5.25. The number of piperazine rings is 1. The van der Waals surface area contributed by atoms with Gasteiger partial charge in [0, 0.05) is 31.9 Å². The van der Waals surface area contributed by atoms with Crippen LogP contribution in [0, 0.1) is 5.82 Å². The summed E-state index contributed by atoms with van der Waals surface area (Å²) in [5, 5.41) is 14.8. The number of carbonyl (C=O) groups is 2. The van der Waals surface area contributed by atoms with E-state index in [9.17, 15) is 19.1 Å². The molecule has 1 heterocycles. The summed E-state index contributed by atoms with van der Waals surface area (Å²) in [5.41, 5.74) is 0.832. The maximum Gasteiger partial charge on any atom is 0.257 e. The normalized spacial score (nSPS) is 14.6. The number of hydrogen-bond donors (Lipinski definition) is 2. The van der Waals surface area contributed by atoms with Crippen LogP contribution in [0.5, 0.6) is 5.75 Å². The molecule has 1 aliphatic rings. The number of halogens is 1. The third-order valence-corrected chi connectivity index (χ3v) is 5.25. The van der Waals surface area contributed by atoms with Crippen molar-refractivity contribution in [2.45, 2.75) is 0 Å². The van der Waals surface area contributed by atoms with Gasteiger partial charge in [-0.2, -0.15) is 0 Å². The maximum absolute atomic E-state index is 13.0. The summed E-state index contributed by atoms with van der Waals surface area (Å²) in [4.78, 5) is 28.8. The molecular formula is C23H22FN3O3. The fourth-order valence-corrected chi connectivity index (χ4v) is 3.62. The Labute approximate surface area is 173 Å². The topological polar surface area (TPSA) is 72.9 Å². The number of nitrogens with one attached hydrogen (secondary N) is 1. The minimum atomic E-state index is -0.355. The molecule has 1 saturated heterocycles. The highest BCUT2D eigenvalue weighted by molar-refractivity contribution is 6.01. The lowest BCUT2D eigenvalue weighted by atomic mass is 10.0. The second-order valence-electron chi connectivity index (χ2n) is 7.34. The fourth-order valence-electron chi connectivity index (χ4n) is 3.62. The lowest BCUT2D eigenvalue weighted by molar-refractivity contribution is -0.117. The molecular weight excluding hydrogens is 385 g/mol. The molecule has 30 heavy (non-hydrogen) atoms. The number of carbonyl (C=O) groups excluding carboxylic acids is 2. The van der Waals surface area contributed by atoms with E-state index in [2.05, 4.69) is 5.32 Å². The Balaban J connectivity index is 1.34. The Bertz CT molecular complexity index is 1080. The first kappa shape index (κ1) is 19.8. The molecule has 1 fully saturated rings. The summed E-state index contributed by atoms with van der Waals surface area (Å²) in [6, 6.07) is 16.5. The molecule has 4 rings (SSSR count). The van der Waals surface area contributed by atoms with Gasteiger partial charge in [0.05, 0.1) is 12.1 Å². The zero-order chi connectivity index (χ0) is 21.1. The van der Waals surface area contributed by atoms with Gasteiger partial charge in [-0.15, -0.1) is 0 Å². The van der Waals surface area contributed by atoms with E-state index in [4.69, 9.17) is 0 Å². The molecule has 0 saturated carbocycles. The van der Waals surface area contributed by atoms with E-state index < -0.39 is 0 Å². The van der Waals surface area contributed by atoms with Crippen LogP contribution in [0.3, 0.4) is 0 Å². The number of anilines is 1. The number of aromatic hydroxyl groups is 1. The van der Waals surface area contributed by atoms with E-state index >= 15 is 0 Å². The number of rotatable bonds is 4. The Morgan fingerprint density at radius 3 is 2.23 bits per heavy atom. The van der Waals surface area contributed by atoms with Crippen molar-refractivity contribution in [3.63, 3.8) is 0 Å². The average molecular weight is 407 g/mol. The van der Waals surface area contributed by atoms with Gasteiger partial charge in [0.1, 0.15) is 11.6 Å². The van der Waals surface area contributed by atoms with Gasteiger partial charge in [-0.25, -0.2) is 4.39 Å². The molecule has 0 spiro atoms. The number of phenols is 1. The van der Waals surface area contributed by atoms with Crippen LogP contribution in [0.2, 0.25) is 0 Å². The van der Waals surface area contributed by atoms with Crippen LogP contribution in [-0.4, -0.2) is 59.4 Å². The molecule has 2 N–H and O–H groups in total. The molecule has 0 aliphatic carbocycles. The van der Waals surface area contributed by atoms with Crippen LogP contribution in [0.4, 0.5) is 10.1 Å². The van der Waals surface area contributed by atoms with Gasteiger partial charge >= 0.3 is 0 Å². The first-order valence-corrected chi connectivity index (χ1v) is 9.78. The molecule has 7 heteroatoms. The average Bonchev–Trinajstić information content (AvgIpc) is 2.75. The standard InChI is InChI=1S/C23H22FN3O3/c24-18-5-7-19(8-6-18)25-22(29)15-26-9-11-27(12-10-26)23(30)20-13-16-3-1-2-4-17(16)14-21(20)28/h1-8,13-14,28H,9-12,15H2,(H,25,29). The van der Waals surface area contributed by atoms with Crippen molar-refractivity contribution in [2.24, 2.45) is 0 Å². The molecule has 154 valence electrons. The number of fused-ring (bicyclic) bond motifs is 1. The monoisotopic (exact) mass is 407 g/mol. The van der Waals surface area contributed by atoms with Crippen LogP contribution in [0.15, 0.2) is 60.7 Å². The van der Waals surface area contributed by atoms with Gasteiger partial charge in [-0.1, -0.05) is 24.3 Å². The SMILES string of the molecule is O=C(CN1CCN(C(=O)c2cc3ccccc3cc2O)CC1)Nc1ccc(F)cc1. The van der Waals surface area contributed by atoms with E-state index in [-0.39, 0.29) is 35.5 Å². The zero-order valence-corrected chi connectivity index (χ0v) is 16.3. The Morgan fingerprint density at radius 1 is 0.933 bits per heavy atom. The van der Waals surface area contributed by atoms with E-state index in [0.717, 1.165) is 10.8 Å². The van der Waals surface area contributed by atoms with Gasteiger partial charge in [0.2, 0.25) is 5.91 Å². The van der Waals surface area contributed by atoms with E-state index in [1.165, 1.54) is 24.3 Å². The second-order valence-corrected chi connectivity index (χ2v) is 7.34. The van der Waals surface area contributed by atoms with Crippen molar-refractivity contribution in [3.8, 4) is 5.75 Å². The maximum atomic E-state index is 13.0. The molecule has 0 bridgehead atoms. The lowest BCUT2D eigenvalue weighted by Crippen LogP contribution is -2.50. The minimum Gasteiger partial charge on any atom is -0.507 e. The highest BCUT2D eigenvalue weighted by Gasteiger charge is 2.25. The van der Waals surface area contributed by atoms with Gasteiger partial charge in [0.15, 0.2) is 0 Å². The van der Waals surface area contributed by atoms with Gasteiger partial charge in [-0.3, -0.25) is 14.5 Å².